The molecule has 0 aliphatic carbocycles. The van der Waals surface area contributed by atoms with Crippen molar-refractivity contribution in [1.82, 2.24) is 4.98 Å². The van der Waals surface area contributed by atoms with Crippen LogP contribution in [-0.4, -0.2) is 34.4 Å². The summed E-state index contributed by atoms with van der Waals surface area (Å²) in [6.07, 6.45) is 0. The van der Waals surface area contributed by atoms with Crippen LogP contribution in [0.25, 0.3) is 5.76 Å². The highest BCUT2D eigenvalue weighted by molar-refractivity contribution is 7.17. The first-order chi connectivity index (χ1) is 16.2. The van der Waals surface area contributed by atoms with E-state index in [9.17, 15) is 19.5 Å². The quantitative estimate of drug-likeness (QED) is 0.206. The molecule has 10 heteroatoms. The van der Waals surface area contributed by atoms with Crippen LogP contribution in [0.2, 0.25) is 10.0 Å². The first-order valence-corrected chi connectivity index (χ1v) is 11.8. The molecule has 3 aromatic rings. The number of anilines is 1. The second kappa shape index (κ2) is 9.58. The molecule has 1 fully saturated rings. The van der Waals surface area contributed by atoms with E-state index in [1.807, 2.05) is 0 Å². The Morgan fingerprint density at radius 3 is 2.26 bits per heavy atom. The number of aromatic nitrogens is 1. The van der Waals surface area contributed by atoms with E-state index in [1.165, 1.54) is 4.90 Å². The van der Waals surface area contributed by atoms with Gasteiger partial charge in [0.1, 0.15) is 10.6 Å². The SMILES string of the molecule is CCOC(=O)c1sc(N2C(=O)C(=O)C(=C(O)c3ccc(Cl)cc3)[C@@H]2c2ccc(Cl)cc2)nc1C. The summed E-state index contributed by atoms with van der Waals surface area (Å²) in [4.78, 5) is 44.5. The second-order valence-electron chi connectivity index (χ2n) is 7.36. The van der Waals surface area contributed by atoms with E-state index in [0.717, 1.165) is 11.3 Å². The van der Waals surface area contributed by atoms with E-state index in [4.69, 9.17) is 27.9 Å². The van der Waals surface area contributed by atoms with Crippen molar-refractivity contribution in [3.05, 3.63) is 85.8 Å². The smallest absolute Gasteiger partial charge is 0.350 e. The van der Waals surface area contributed by atoms with Crippen molar-refractivity contribution in [2.75, 3.05) is 11.5 Å². The van der Waals surface area contributed by atoms with E-state index < -0.39 is 23.7 Å². The predicted octanol–water partition coefficient (Wildman–Crippen LogP) is 5.56. The van der Waals surface area contributed by atoms with Gasteiger partial charge in [-0.05, 0) is 55.8 Å². The molecule has 0 unspecified atom stereocenters. The van der Waals surface area contributed by atoms with Crippen LogP contribution in [0.15, 0.2) is 54.1 Å². The summed E-state index contributed by atoms with van der Waals surface area (Å²) >= 11 is 12.9. The lowest BCUT2D eigenvalue weighted by Crippen LogP contribution is -2.29. The van der Waals surface area contributed by atoms with Gasteiger partial charge in [-0.2, -0.15) is 0 Å². The first kappa shape index (κ1) is 23.9. The molecule has 174 valence electrons. The Bertz CT molecular complexity index is 1320. The van der Waals surface area contributed by atoms with Gasteiger partial charge in [0.05, 0.1) is 23.9 Å². The maximum absolute atomic E-state index is 13.2. The number of aliphatic hydroxyl groups excluding tert-OH is 1. The molecule has 1 aromatic heterocycles. The van der Waals surface area contributed by atoms with Crippen LogP contribution in [-0.2, 0) is 14.3 Å². The molecule has 0 saturated carbocycles. The maximum Gasteiger partial charge on any atom is 0.350 e. The van der Waals surface area contributed by atoms with Gasteiger partial charge in [-0.25, -0.2) is 9.78 Å². The zero-order chi connectivity index (χ0) is 24.6. The highest BCUT2D eigenvalue weighted by Gasteiger charge is 2.48. The summed E-state index contributed by atoms with van der Waals surface area (Å²) in [7, 11) is 0. The first-order valence-electron chi connectivity index (χ1n) is 10.2. The van der Waals surface area contributed by atoms with E-state index in [2.05, 4.69) is 4.98 Å². The number of halogens is 2. The summed E-state index contributed by atoms with van der Waals surface area (Å²) in [5, 5.41) is 12.1. The Morgan fingerprint density at radius 1 is 1.09 bits per heavy atom. The normalized spacial score (nSPS) is 17.3. The number of ketones is 1. The Morgan fingerprint density at radius 2 is 1.68 bits per heavy atom. The third-order valence-corrected chi connectivity index (χ3v) is 6.84. The Balaban J connectivity index is 1.90. The van der Waals surface area contributed by atoms with Crippen molar-refractivity contribution in [1.29, 1.82) is 0 Å². The lowest BCUT2D eigenvalue weighted by atomic mass is 9.95. The number of aryl methyl sites for hydroxylation is 1. The van der Waals surface area contributed by atoms with Gasteiger partial charge in [-0.3, -0.25) is 14.5 Å². The summed E-state index contributed by atoms with van der Waals surface area (Å²) in [6.45, 7) is 3.49. The largest absolute Gasteiger partial charge is 0.507 e. The maximum atomic E-state index is 13.2. The molecule has 1 N–H and O–H groups in total. The van der Waals surface area contributed by atoms with Crippen LogP contribution >= 0.6 is 34.5 Å². The monoisotopic (exact) mass is 516 g/mol. The topological polar surface area (TPSA) is 96.8 Å². The van der Waals surface area contributed by atoms with Gasteiger partial charge < -0.3 is 9.84 Å². The zero-order valence-corrected chi connectivity index (χ0v) is 20.4. The van der Waals surface area contributed by atoms with Crippen molar-refractivity contribution in [2.24, 2.45) is 0 Å². The summed E-state index contributed by atoms with van der Waals surface area (Å²) in [5.41, 5.74) is 1.11. The van der Waals surface area contributed by atoms with Gasteiger partial charge in [-0.1, -0.05) is 46.7 Å². The third kappa shape index (κ3) is 4.32. The third-order valence-electron chi connectivity index (χ3n) is 5.20. The van der Waals surface area contributed by atoms with Crippen molar-refractivity contribution >= 4 is 63.1 Å². The molecule has 2 aromatic carbocycles. The number of amides is 1. The number of aliphatic hydroxyl groups is 1. The highest BCUT2D eigenvalue weighted by atomic mass is 35.5. The minimum atomic E-state index is -0.992. The summed E-state index contributed by atoms with van der Waals surface area (Å²) in [5.74, 6) is -2.67. The van der Waals surface area contributed by atoms with Crippen molar-refractivity contribution in [3.63, 3.8) is 0 Å². The van der Waals surface area contributed by atoms with Crippen LogP contribution in [0.1, 0.15) is 39.5 Å². The van der Waals surface area contributed by atoms with Gasteiger partial charge in [-0.15, -0.1) is 0 Å². The molecule has 1 atom stereocenters. The van der Waals surface area contributed by atoms with Crippen LogP contribution in [0.3, 0.4) is 0 Å². The number of esters is 1. The van der Waals surface area contributed by atoms with Crippen molar-refractivity contribution in [2.45, 2.75) is 19.9 Å². The number of thiazole rings is 1. The number of benzene rings is 2. The molecule has 7 nitrogen and oxygen atoms in total. The average Bonchev–Trinajstić information content (AvgIpc) is 3.31. The average molecular weight is 517 g/mol. The van der Waals surface area contributed by atoms with Crippen LogP contribution in [0, 0.1) is 6.92 Å². The molecule has 4 rings (SSSR count). The molecule has 1 amide bonds. The fraction of sp³-hybridized carbons (Fsp3) is 0.167. The Labute approximate surface area is 209 Å². The number of hydrogen-bond donors (Lipinski definition) is 1. The van der Waals surface area contributed by atoms with Crippen LogP contribution < -0.4 is 4.90 Å². The lowest BCUT2D eigenvalue weighted by molar-refractivity contribution is -0.132. The molecule has 0 spiro atoms. The number of nitrogens with zero attached hydrogens (tertiary/aromatic N) is 2. The van der Waals surface area contributed by atoms with E-state index >= 15 is 0 Å². The number of carbonyl (C=O) groups is 3. The fourth-order valence-corrected chi connectivity index (χ4v) is 4.86. The summed E-state index contributed by atoms with van der Waals surface area (Å²) < 4.78 is 5.07. The van der Waals surface area contributed by atoms with E-state index in [0.29, 0.717) is 26.9 Å². The zero-order valence-electron chi connectivity index (χ0n) is 18.0. The molecule has 0 radical (unpaired) electrons. The molecule has 0 bridgehead atoms. The van der Waals surface area contributed by atoms with Crippen molar-refractivity contribution in [3.8, 4) is 0 Å². The Kier molecular flexibility index (Phi) is 6.74. The van der Waals surface area contributed by atoms with Crippen LogP contribution in [0.5, 0.6) is 0 Å². The molecule has 2 heterocycles. The number of rotatable bonds is 5. The fourth-order valence-electron chi connectivity index (χ4n) is 3.62. The number of carbonyl (C=O) groups excluding carboxylic acids is 3. The Hall–Kier alpha value is -3.20. The number of hydrogen-bond acceptors (Lipinski definition) is 7. The van der Waals surface area contributed by atoms with Gasteiger partial charge in [0.15, 0.2) is 5.13 Å². The minimum absolute atomic E-state index is 0.111. The minimum Gasteiger partial charge on any atom is -0.507 e. The van der Waals surface area contributed by atoms with Gasteiger partial charge in [0.2, 0.25) is 0 Å². The second-order valence-corrected chi connectivity index (χ2v) is 9.21. The molecular formula is C24H18Cl2N2O5S. The van der Waals surface area contributed by atoms with E-state index in [1.54, 1.807) is 62.4 Å². The van der Waals surface area contributed by atoms with Gasteiger partial charge in [0, 0.05) is 15.6 Å². The predicted molar refractivity (Wildman–Crippen MR) is 130 cm³/mol. The molecule has 34 heavy (non-hydrogen) atoms. The molecule has 1 saturated heterocycles. The molecule has 1 aliphatic heterocycles. The number of Topliss-reactive ketones (excluding diaryl/α,β-unsaturated/α-hetero) is 1. The molecule has 1 aliphatic rings. The molecular weight excluding hydrogens is 499 g/mol. The van der Waals surface area contributed by atoms with Gasteiger partial charge >= 0.3 is 11.9 Å². The number of ether oxygens (including phenoxy) is 1. The lowest BCUT2D eigenvalue weighted by Gasteiger charge is -2.23. The summed E-state index contributed by atoms with van der Waals surface area (Å²) in [6, 6.07) is 11.8. The highest BCUT2D eigenvalue weighted by Crippen LogP contribution is 2.44. The van der Waals surface area contributed by atoms with Crippen molar-refractivity contribution < 1.29 is 24.2 Å². The van der Waals surface area contributed by atoms with Gasteiger partial charge in [0.25, 0.3) is 5.78 Å². The van der Waals surface area contributed by atoms with E-state index in [-0.39, 0.29) is 27.9 Å². The van der Waals surface area contributed by atoms with Crippen LogP contribution in [0.4, 0.5) is 5.13 Å². The standard InChI is InChI=1S/C24H18Cl2N2O5S/c1-3-33-23(32)21-12(2)27-24(34-21)28-18(13-4-8-15(25)9-5-13)17(20(30)22(28)31)19(29)14-6-10-16(26)11-7-14/h4-11,18,29H,3H2,1-2H3/t18-/m0/s1.